The summed E-state index contributed by atoms with van der Waals surface area (Å²) in [5.74, 6) is 0.475. The molecule has 1 aliphatic rings. The maximum Gasteiger partial charge on any atom is 0.193 e. The van der Waals surface area contributed by atoms with E-state index in [1.807, 2.05) is 12.1 Å². The van der Waals surface area contributed by atoms with Crippen molar-refractivity contribution in [2.75, 3.05) is 38.2 Å². The van der Waals surface area contributed by atoms with Crippen molar-refractivity contribution in [3.05, 3.63) is 29.8 Å². The molecule has 0 aromatic heterocycles. The summed E-state index contributed by atoms with van der Waals surface area (Å²) in [5.41, 5.74) is 8.25. The van der Waals surface area contributed by atoms with Gasteiger partial charge in [-0.15, -0.1) is 0 Å². The van der Waals surface area contributed by atoms with E-state index in [1.54, 1.807) is 0 Å². The molecule has 0 aliphatic carbocycles. The number of nitrogens with two attached hydrogens (primary N) is 1. The van der Waals surface area contributed by atoms with Crippen molar-refractivity contribution in [3.8, 4) is 0 Å². The first-order chi connectivity index (χ1) is 10.2. The second-order valence-corrected chi connectivity index (χ2v) is 5.40. The van der Waals surface area contributed by atoms with Gasteiger partial charge in [0.05, 0.1) is 19.8 Å². The van der Waals surface area contributed by atoms with E-state index in [-0.39, 0.29) is 0 Å². The van der Waals surface area contributed by atoms with Gasteiger partial charge in [-0.25, -0.2) is 0 Å². The largest absolute Gasteiger partial charge is 0.379 e. The summed E-state index contributed by atoms with van der Waals surface area (Å²) in [6.07, 6.45) is 1.01. The van der Waals surface area contributed by atoms with E-state index >= 15 is 0 Å². The molecule has 1 unspecified atom stereocenters. The zero-order chi connectivity index (χ0) is 15.1. The number of rotatable bonds is 5. The van der Waals surface area contributed by atoms with Crippen molar-refractivity contribution in [1.29, 1.82) is 0 Å². The molecular weight excluding hydrogens is 264 g/mol. The number of benzene rings is 1. The molecule has 1 aliphatic heterocycles. The van der Waals surface area contributed by atoms with Crippen molar-refractivity contribution in [1.82, 2.24) is 4.90 Å². The molecule has 21 heavy (non-hydrogen) atoms. The van der Waals surface area contributed by atoms with Crippen molar-refractivity contribution in [2.24, 2.45) is 10.7 Å². The molecule has 0 saturated carbocycles. The Labute approximate surface area is 127 Å². The van der Waals surface area contributed by atoms with E-state index in [9.17, 15) is 0 Å². The highest BCUT2D eigenvalue weighted by molar-refractivity contribution is 5.92. The number of nitrogens with one attached hydrogen (secondary N) is 1. The molecule has 5 heteroatoms. The number of aryl methyl sites for hydroxylation is 1. The fraction of sp³-hybridized carbons (Fsp3) is 0.562. The molecular formula is C16H26N4O. The zero-order valence-electron chi connectivity index (χ0n) is 13.0. The van der Waals surface area contributed by atoms with Crippen LogP contribution >= 0.6 is 0 Å². The van der Waals surface area contributed by atoms with E-state index in [0.717, 1.165) is 38.4 Å². The van der Waals surface area contributed by atoms with Crippen LogP contribution in [0, 0.1) is 0 Å². The standard InChI is InChI=1S/C16H26N4O/c1-3-14-5-4-6-15(11-14)19-16(17)18-12-13(2)20-7-9-21-10-8-20/h4-6,11,13H,3,7-10,12H2,1-2H3,(H3,17,18,19). The second kappa shape index (κ2) is 8.00. The molecule has 5 nitrogen and oxygen atoms in total. The van der Waals surface area contributed by atoms with E-state index in [0.29, 0.717) is 18.5 Å². The van der Waals surface area contributed by atoms with Crippen molar-refractivity contribution < 1.29 is 4.74 Å². The number of hydrogen-bond acceptors (Lipinski definition) is 3. The van der Waals surface area contributed by atoms with Gasteiger partial charge in [0.25, 0.3) is 0 Å². The lowest BCUT2D eigenvalue weighted by Crippen LogP contribution is -2.43. The number of anilines is 1. The number of hydrogen-bond donors (Lipinski definition) is 2. The molecule has 0 radical (unpaired) electrons. The van der Waals surface area contributed by atoms with Crippen LogP contribution in [0.1, 0.15) is 19.4 Å². The first kappa shape index (κ1) is 15.8. The number of guanidine groups is 1. The third kappa shape index (κ3) is 5.02. The molecule has 116 valence electrons. The molecule has 1 heterocycles. The topological polar surface area (TPSA) is 62.9 Å². The SMILES string of the molecule is CCc1cccc(NC(N)=NCC(C)N2CCOCC2)c1. The van der Waals surface area contributed by atoms with Crippen LogP contribution in [-0.4, -0.2) is 49.7 Å². The zero-order valence-corrected chi connectivity index (χ0v) is 13.0. The summed E-state index contributed by atoms with van der Waals surface area (Å²) in [6.45, 7) is 8.59. The molecule has 1 saturated heterocycles. The van der Waals surface area contributed by atoms with Crippen LogP contribution in [0.3, 0.4) is 0 Å². The van der Waals surface area contributed by atoms with E-state index in [2.05, 4.69) is 41.2 Å². The Kier molecular flexibility index (Phi) is 6.02. The Hall–Kier alpha value is -1.59. The Bertz CT molecular complexity index is 469. The van der Waals surface area contributed by atoms with Crippen LogP contribution in [0.15, 0.2) is 29.3 Å². The Morgan fingerprint density at radius 2 is 2.19 bits per heavy atom. The average molecular weight is 290 g/mol. The van der Waals surface area contributed by atoms with Crippen molar-refractivity contribution in [2.45, 2.75) is 26.3 Å². The van der Waals surface area contributed by atoms with Crippen LogP contribution in [0.25, 0.3) is 0 Å². The van der Waals surface area contributed by atoms with Gasteiger partial charge in [0.15, 0.2) is 5.96 Å². The van der Waals surface area contributed by atoms with Crippen LogP contribution in [-0.2, 0) is 11.2 Å². The highest BCUT2D eigenvalue weighted by Crippen LogP contribution is 2.10. The van der Waals surface area contributed by atoms with Gasteiger partial charge in [0.2, 0.25) is 0 Å². The van der Waals surface area contributed by atoms with Gasteiger partial charge >= 0.3 is 0 Å². The molecule has 0 amide bonds. The van der Waals surface area contributed by atoms with Crippen molar-refractivity contribution >= 4 is 11.6 Å². The molecule has 0 bridgehead atoms. The van der Waals surface area contributed by atoms with Gasteiger partial charge < -0.3 is 15.8 Å². The number of ether oxygens (including phenoxy) is 1. The van der Waals surface area contributed by atoms with Gasteiger partial charge in [-0.1, -0.05) is 19.1 Å². The van der Waals surface area contributed by atoms with Gasteiger partial charge in [-0.3, -0.25) is 9.89 Å². The summed E-state index contributed by atoms with van der Waals surface area (Å²) in [6, 6.07) is 8.64. The number of aliphatic imine (C=N–C) groups is 1. The highest BCUT2D eigenvalue weighted by atomic mass is 16.5. The van der Waals surface area contributed by atoms with Crippen LogP contribution in [0.4, 0.5) is 5.69 Å². The maximum absolute atomic E-state index is 5.97. The summed E-state index contributed by atoms with van der Waals surface area (Å²) < 4.78 is 5.36. The predicted octanol–water partition coefficient (Wildman–Crippen LogP) is 1.70. The minimum Gasteiger partial charge on any atom is -0.379 e. The fourth-order valence-corrected chi connectivity index (χ4v) is 2.42. The first-order valence-electron chi connectivity index (χ1n) is 7.66. The van der Waals surface area contributed by atoms with Gasteiger partial charge in [0, 0.05) is 24.8 Å². The number of nitrogens with zero attached hydrogens (tertiary/aromatic N) is 2. The highest BCUT2D eigenvalue weighted by Gasteiger charge is 2.16. The molecule has 3 N–H and O–H groups in total. The molecule has 1 aromatic carbocycles. The van der Waals surface area contributed by atoms with Crippen LogP contribution in [0.5, 0.6) is 0 Å². The first-order valence-corrected chi connectivity index (χ1v) is 7.66. The second-order valence-electron chi connectivity index (χ2n) is 5.40. The normalized spacial score (nSPS) is 18.5. The van der Waals surface area contributed by atoms with Gasteiger partial charge in [-0.05, 0) is 31.0 Å². The lowest BCUT2D eigenvalue weighted by molar-refractivity contribution is 0.0221. The third-order valence-corrected chi connectivity index (χ3v) is 3.80. The minimum atomic E-state index is 0.385. The molecule has 1 atom stereocenters. The van der Waals surface area contributed by atoms with Gasteiger partial charge in [-0.2, -0.15) is 0 Å². The number of morpholine rings is 1. The lowest BCUT2D eigenvalue weighted by atomic mass is 10.1. The Morgan fingerprint density at radius 3 is 2.90 bits per heavy atom. The van der Waals surface area contributed by atoms with Crippen LogP contribution < -0.4 is 11.1 Å². The minimum absolute atomic E-state index is 0.385. The average Bonchev–Trinajstić information content (AvgIpc) is 2.53. The molecule has 2 rings (SSSR count). The smallest absolute Gasteiger partial charge is 0.193 e. The maximum atomic E-state index is 5.97. The van der Waals surface area contributed by atoms with E-state index in [1.165, 1.54) is 5.56 Å². The summed E-state index contributed by atoms with van der Waals surface area (Å²) >= 11 is 0. The van der Waals surface area contributed by atoms with E-state index in [4.69, 9.17) is 10.5 Å². The molecule has 0 spiro atoms. The Balaban J connectivity index is 1.85. The van der Waals surface area contributed by atoms with Crippen molar-refractivity contribution in [3.63, 3.8) is 0 Å². The summed E-state index contributed by atoms with van der Waals surface area (Å²) in [5, 5.41) is 3.16. The fourth-order valence-electron chi connectivity index (χ4n) is 2.42. The molecule has 1 aromatic rings. The van der Waals surface area contributed by atoms with E-state index < -0.39 is 0 Å². The quantitative estimate of drug-likeness (QED) is 0.640. The van der Waals surface area contributed by atoms with Gasteiger partial charge in [0.1, 0.15) is 0 Å². The molecule has 1 fully saturated rings. The summed E-state index contributed by atoms with van der Waals surface area (Å²) in [4.78, 5) is 6.84. The summed E-state index contributed by atoms with van der Waals surface area (Å²) in [7, 11) is 0. The monoisotopic (exact) mass is 290 g/mol. The third-order valence-electron chi connectivity index (χ3n) is 3.80. The lowest BCUT2D eigenvalue weighted by Gasteiger charge is -2.31. The predicted molar refractivity (Wildman–Crippen MR) is 87.8 cm³/mol. The van der Waals surface area contributed by atoms with Crippen LogP contribution in [0.2, 0.25) is 0 Å². The Morgan fingerprint density at radius 1 is 1.43 bits per heavy atom.